The molecule has 0 aliphatic carbocycles. The third-order valence-electron chi connectivity index (χ3n) is 4.33. The molecule has 0 spiro atoms. The molecule has 0 unspecified atom stereocenters. The van der Waals surface area contributed by atoms with Crippen molar-refractivity contribution in [2.45, 2.75) is 20.0 Å². The molecule has 1 amide bonds. The summed E-state index contributed by atoms with van der Waals surface area (Å²) >= 11 is 0. The van der Waals surface area contributed by atoms with E-state index >= 15 is 0 Å². The van der Waals surface area contributed by atoms with Crippen LogP contribution in [0.5, 0.6) is 5.75 Å². The van der Waals surface area contributed by atoms with Crippen LogP contribution in [0.25, 0.3) is 11.1 Å². The highest BCUT2D eigenvalue weighted by molar-refractivity contribution is 5.98. The minimum Gasteiger partial charge on any atom is -0.492 e. The third kappa shape index (κ3) is 5.23. The molecule has 0 aromatic heterocycles. The molecule has 0 bridgehead atoms. The van der Waals surface area contributed by atoms with E-state index < -0.39 is 18.0 Å². The Kier molecular flexibility index (Phi) is 6.63. The van der Waals surface area contributed by atoms with Gasteiger partial charge in [0.05, 0.1) is 17.9 Å². The van der Waals surface area contributed by atoms with Gasteiger partial charge in [-0.3, -0.25) is 4.79 Å². The van der Waals surface area contributed by atoms with Gasteiger partial charge in [-0.05, 0) is 49.2 Å². The van der Waals surface area contributed by atoms with Crippen LogP contribution < -0.4 is 10.1 Å². The van der Waals surface area contributed by atoms with E-state index in [4.69, 9.17) is 9.47 Å². The zero-order chi connectivity index (χ0) is 20.6. The number of esters is 1. The van der Waals surface area contributed by atoms with E-state index in [0.717, 1.165) is 11.1 Å². The van der Waals surface area contributed by atoms with E-state index in [1.165, 1.54) is 6.92 Å². The lowest BCUT2D eigenvalue weighted by atomic mass is 10.0. The number of para-hydroxylation sites is 2. The summed E-state index contributed by atoms with van der Waals surface area (Å²) in [5.41, 5.74) is 2.99. The van der Waals surface area contributed by atoms with Gasteiger partial charge in [-0.1, -0.05) is 54.6 Å². The summed E-state index contributed by atoms with van der Waals surface area (Å²) in [5, 5.41) is 2.74. The van der Waals surface area contributed by atoms with Crippen molar-refractivity contribution in [1.82, 2.24) is 0 Å². The number of hydrogen-bond donors (Lipinski definition) is 1. The van der Waals surface area contributed by atoms with E-state index in [1.807, 2.05) is 55.5 Å². The maximum atomic E-state index is 12.4. The summed E-state index contributed by atoms with van der Waals surface area (Å²) in [6, 6.07) is 24.1. The van der Waals surface area contributed by atoms with Crippen molar-refractivity contribution >= 4 is 17.6 Å². The van der Waals surface area contributed by atoms with Crippen LogP contribution in [0.3, 0.4) is 0 Å². The molecular formula is C24H23NO4. The van der Waals surface area contributed by atoms with Gasteiger partial charge in [0.1, 0.15) is 5.75 Å². The van der Waals surface area contributed by atoms with Crippen LogP contribution in [0.4, 0.5) is 5.69 Å². The largest absolute Gasteiger partial charge is 0.492 e. The predicted molar refractivity (Wildman–Crippen MR) is 113 cm³/mol. The van der Waals surface area contributed by atoms with E-state index in [-0.39, 0.29) is 0 Å². The molecule has 5 nitrogen and oxygen atoms in total. The first-order valence-corrected chi connectivity index (χ1v) is 9.47. The molecular weight excluding hydrogens is 366 g/mol. The second-order valence-corrected chi connectivity index (χ2v) is 6.41. The number of carbonyl (C=O) groups is 2. The molecule has 0 aliphatic rings. The van der Waals surface area contributed by atoms with Crippen molar-refractivity contribution in [2.75, 3.05) is 11.9 Å². The number of benzene rings is 3. The molecule has 3 aromatic carbocycles. The highest BCUT2D eigenvalue weighted by Crippen LogP contribution is 2.24. The molecule has 0 heterocycles. The smallest absolute Gasteiger partial charge is 0.338 e. The van der Waals surface area contributed by atoms with Gasteiger partial charge in [-0.2, -0.15) is 0 Å². The molecule has 29 heavy (non-hydrogen) atoms. The van der Waals surface area contributed by atoms with Crippen LogP contribution in [0, 0.1) is 0 Å². The Hall–Kier alpha value is -3.60. The second kappa shape index (κ2) is 9.55. The Labute approximate surface area is 170 Å². The van der Waals surface area contributed by atoms with Gasteiger partial charge in [0.25, 0.3) is 5.91 Å². The second-order valence-electron chi connectivity index (χ2n) is 6.41. The van der Waals surface area contributed by atoms with Gasteiger partial charge in [-0.25, -0.2) is 4.79 Å². The first-order valence-electron chi connectivity index (χ1n) is 9.47. The number of carbonyl (C=O) groups excluding carboxylic acids is 2. The molecule has 3 rings (SSSR count). The van der Waals surface area contributed by atoms with Gasteiger partial charge in [0.15, 0.2) is 6.10 Å². The van der Waals surface area contributed by atoms with Crippen molar-refractivity contribution in [2.24, 2.45) is 0 Å². The number of rotatable bonds is 7. The summed E-state index contributed by atoms with van der Waals surface area (Å²) in [5.74, 6) is -0.407. The topological polar surface area (TPSA) is 64.6 Å². The molecule has 0 saturated carbocycles. The fourth-order valence-corrected chi connectivity index (χ4v) is 2.80. The van der Waals surface area contributed by atoms with Gasteiger partial charge < -0.3 is 14.8 Å². The average molecular weight is 389 g/mol. The fraction of sp³-hybridized carbons (Fsp3) is 0.167. The van der Waals surface area contributed by atoms with Crippen LogP contribution >= 0.6 is 0 Å². The first kappa shape index (κ1) is 20.1. The lowest BCUT2D eigenvalue weighted by Gasteiger charge is -2.15. The highest BCUT2D eigenvalue weighted by atomic mass is 16.5. The molecule has 0 radical (unpaired) electrons. The van der Waals surface area contributed by atoms with Crippen molar-refractivity contribution in [1.29, 1.82) is 0 Å². The molecule has 0 saturated heterocycles. The van der Waals surface area contributed by atoms with Crippen molar-refractivity contribution in [3.63, 3.8) is 0 Å². The quantitative estimate of drug-likeness (QED) is 0.582. The number of ether oxygens (including phenoxy) is 2. The number of hydrogen-bond acceptors (Lipinski definition) is 4. The summed E-state index contributed by atoms with van der Waals surface area (Å²) in [7, 11) is 0. The number of nitrogens with one attached hydrogen (secondary N) is 1. The number of amides is 1. The molecule has 5 heteroatoms. The van der Waals surface area contributed by atoms with Crippen LogP contribution in [0.1, 0.15) is 24.2 Å². The van der Waals surface area contributed by atoms with E-state index in [1.54, 1.807) is 30.3 Å². The Morgan fingerprint density at radius 2 is 1.48 bits per heavy atom. The van der Waals surface area contributed by atoms with Crippen molar-refractivity contribution in [3.05, 3.63) is 84.4 Å². The lowest BCUT2D eigenvalue weighted by molar-refractivity contribution is -0.123. The molecule has 0 aliphatic heterocycles. The standard InChI is InChI=1S/C24H23NO4/c1-3-28-22-12-8-7-11-21(22)25-23(26)17(2)29-24(27)20-15-13-19(14-16-20)18-9-5-4-6-10-18/h4-17H,3H2,1-2H3,(H,25,26)/t17-/m1/s1. The summed E-state index contributed by atoms with van der Waals surface area (Å²) in [4.78, 5) is 24.8. The SMILES string of the molecule is CCOc1ccccc1NC(=O)[C@@H](C)OC(=O)c1ccc(-c2ccccc2)cc1. The monoisotopic (exact) mass is 389 g/mol. The van der Waals surface area contributed by atoms with E-state index in [2.05, 4.69) is 5.32 Å². The highest BCUT2D eigenvalue weighted by Gasteiger charge is 2.20. The Bertz CT molecular complexity index is 968. The van der Waals surface area contributed by atoms with Crippen LogP contribution in [-0.4, -0.2) is 24.6 Å². The summed E-state index contributed by atoms with van der Waals surface area (Å²) in [6.45, 7) is 3.89. The van der Waals surface area contributed by atoms with Crippen LogP contribution in [0.15, 0.2) is 78.9 Å². The summed E-state index contributed by atoms with van der Waals surface area (Å²) < 4.78 is 10.8. The molecule has 1 N–H and O–H groups in total. The van der Waals surface area contributed by atoms with E-state index in [0.29, 0.717) is 23.6 Å². The normalized spacial score (nSPS) is 11.4. The fourth-order valence-electron chi connectivity index (χ4n) is 2.80. The Balaban J connectivity index is 1.62. The van der Waals surface area contributed by atoms with Crippen molar-refractivity contribution < 1.29 is 19.1 Å². The zero-order valence-corrected chi connectivity index (χ0v) is 16.4. The molecule has 1 atom stereocenters. The molecule has 148 valence electrons. The Morgan fingerprint density at radius 3 is 2.17 bits per heavy atom. The number of anilines is 1. The predicted octanol–water partition coefficient (Wildman–Crippen LogP) is 4.94. The third-order valence-corrected chi connectivity index (χ3v) is 4.33. The van der Waals surface area contributed by atoms with Gasteiger partial charge in [0, 0.05) is 0 Å². The molecule has 3 aromatic rings. The molecule has 0 fully saturated rings. The van der Waals surface area contributed by atoms with E-state index in [9.17, 15) is 9.59 Å². The van der Waals surface area contributed by atoms with Gasteiger partial charge in [0.2, 0.25) is 0 Å². The maximum Gasteiger partial charge on any atom is 0.338 e. The minimum atomic E-state index is -0.953. The lowest BCUT2D eigenvalue weighted by Crippen LogP contribution is -2.30. The zero-order valence-electron chi connectivity index (χ0n) is 16.4. The minimum absolute atomic E-state index is 0.388. The average Bonchev–Trinajstić information content (AvgIpc) is 2.76. The Morgan fingerprint density at radius 1 is 0.862 bits per heavy atom. The van der Waals surface area contributed by atoms with Crippen molar-refractivity contribution in [3.8, 4) is 16.9 Å². The van der Waals surface area contributed by atoms with Gasteiger partial charge in [-0.15, -0.1) is 0 Å². The first-order chi connectivity index (χ1) is 14.1. The van der Waals surface area contributed by atoms with Crippen LogP contribution in [-0.2, 0) is 9.53 Å². The summed E-state index contributed by atoms with van der Waals surface area (Å²) in [6.07, 6.45) is -0.953. The van der Waals surface area contributed by atoms with Crippen LogP contribution in [0.2, 0.25) is 0 Å². The van der Waals surface area contributed by atoms with Gasteiger partial charge >= 0.3 is 5.97 Å². The maximum absolute atomic E-state index is 12.4.